The first-order chi connectivity index (χ1) is 13.6. The van der Waals surface area contributed by atoms with E-state index in [4.69, 9.17) is 0 Å². The molecule has 0 spiro atoms. The predicted molar refractivity (Wildman–Crippen MR) is 111 cm³/mol. The second-order valence-corrected chi connectivity index (χ2v) is 8.44. The summed E-state index contributed by atoms with van der Waals surface area (Å²) in [5, 5.41) is 1.88. The van der Waals surface area contributed by atoms with Crippen LogP contribution in [0.5, 0.6) is 0 Å². The highest BCUT2D eigenvalue weighted by Gasteiger charge is 2.18. The standard InChI is InChI=1S/C21H22N4O2S/c1-2-14-25-15-17(18-8-5-12-23-21(18)25)10-13-24-28(26,27)19-9-3-6-16-7-4-11-22-20(16)19/h3-9,11-12,15,24H,2,10,13-14H2,1H3. The Bertz CT molecular complexity index is 1230. The van der Waals surface area contributed by atoms with Gasteiger partial charge in [-0.05, 0) is 42.7 Å². The SMILES string of the molecule is CCCn1cc(CCNS(=O)(=O)c2cccc3cccnc23)c2cccnc21. The van der Waals surface area contributed by atoms with Crippen molar-refractivity contribution in [3.8, 4) is 0 Å². The van der Waals surface area contributed by atoms with Gasteiger partial charge in [0.2, 0.25) is 10.0 Å². The molecule has 0 bridgehead atoms. The van der Waals surface area contributed by atoms with Gasteiger partial charge < -0.3 is 4.57 Å². The van der Waals surface area contributed by atoms with Crippen LogP contribution in [0.4, 0.5) is 0 Å². The van der Waals surface area contributed by atoms with Crippen molar-refractivity contribution in [3.05, 3.63) is 66.6 Å². The lowest BCUT2D eigenvalue weighted by Crippen LogP contribution is -2.26. The van der Waals surface area contributed by atoms with Gasteiger partial charge in [0.05, 0.1) is 5.52 Å². The Morgan fingerprint density at radius 3 is 2.68 bits per heavy atom. The number of rotatable bonds is 7. The highest BCUT2D eigenvalue weighted by Crippen LogP contribution is 2.22. The summed E-state index contributed by atoms with van der Waals surface area (Å²) in [4.78, 5) is 8.93. The summed E-state index contributed by atoms with van der Waals surface area (Å²) in [6.45, 7) is 3.33. The quantitative estimate of drug-likeness (QED) is 0.520. The monoisotopic (exact) mass is 394 g/mol. The Morgan fingerprint density at radius 1 is 1.04 bits per heavy atom. The van der Waals surface area contributed by atoms with Crippen molar-refractivity contribution >= 4 is 32.0 Å². The molecule has 0 atom stereocenters. The molecule has 28 heavy (non-hydrogen) atoms. The van der Waals surface area contributed by atoms with Crippen LogP contribution < -0.4 is 4.72 Å². The maximum Gasteiger partial charge on any atom is 0.242 e. The molecule has 3 aromatic heterocycles. The average molecular weight is 395 g/mol. The van der Waals surface area contributed by atoms with Crippen molar-refractivity contribution in [2.24, 2.45) is 0 Å². The number of hydrogen-bond donors (Lipinski definition) is 1. The van der Waals surface area contributed by atoms with E-state index in [0.717, 1.165) is 34.9 Å². The zero-order chi connectivity index (χ0) is 19.6. The van der Waals surface area contributed by atoms with E-state index in [0.29, 0.717) is 18.5 Å². The number of benzene rings is 1. The fourth-order valence-electron chi connectivity index (χ4n) is 3.50. The maximum atomic E-state index is 12.8. The number of nitrogens with zero attached hydrogens (tertiary/aromatic N) is 3. The highest BCUT2D eigenvalue weighted by molar-refractivity contribution is 7.89. The van der Waals surface area contributed by atoms with E-state index in [1.54, 1.807) is 30.6 Å². The first-order valence-electron chi connectivity index (χ1n) is 9.36. The second kappa shape index (κ2) is 7.69. The second-order valence-electron chi connectivity index (χ2n) is 6.70. The molecule has 0 saturated heterocycles. The van der Waals surface area contributed by atoms with Crippen LogP contribution in [-0.4, -0.2) is 29.5 Å². The number of sulfonamides is 1. The molecule has 1 aromatic carbocycles. The van der Waals surface area contributed by atoms with Gasteiger partial charge in [-0.2, -0.15) is 0 Å². The summed E-state index contributed by atoms with van der Waals surface area (Å²) in [6, 6.07) is 12.8. The lowest BCUT2D eigenvalue weighted by Gasteiger charge is -2.08. The summed E-state index contributed by atoms with van der Waals surface area (Å²) in [5.74, 6) is 0. The molecule has 0 saturated carbocycles. The minimum Gasteiger partial charge on any atom is -0.332 e. The van der Waals surface area contributed by atoms with Crippen LogP contribution >= 0.6 is 0 Å². The summed E-state index contributed by atoms with van der Waals surface area (Å²) >= 11 is 0. The van der Waals surface area contributed by atoms with Gasteiger partial charge in [0.1, 0.15) is 10.5 Å². The number of pyridine rings is 2. The largest absolute Gasteiger partial charge is 0.332 e. The van der Waals surface area contributed by atoms with Crippen LogP contribution in [0.3, 0.4) is 0 Å². The topological polar surface area (TPSA) is 76.9 Å². The van der Waals surface area contributed by atoms with Crippen molar-refractivity contribution in [3.63, 3.8) is 0 Å². The van der Waals surface area contributed by atoms with Crippen LogP contribution in [0, 0.1) is 0 Å². The number of aryl methyl sites for hydroxylation is 1. The number of fused-ring (bicyclic) bond motifs is 2. The number of hydrogen-bond acceptors (Lipinski definition) is 4. The van der Waals surface area contributed by atoms with E-state index in [2.05, 4.69) is 32.4 Å². The normalized spacial score (nSPS) is 12.0. The molecule has 7 heteroatoms. The van der Waals surface area contributed by atoms with Gasteiger partial charge in [0, 0.05) is 42.5 Å². The van der Waals surface area contributed by atoms with Crippen LogP contribution in [-0.2, 0) is 23.0 Å². The minimum atomic E-state index is -3.65. The lowest BCUT2D eigenvalue weighted by molar-refractivity contribution is 0.582. The third-order valence-electron chi connectivity index (χ3n) is 4.75. The van der Waals surface area contributed by atoms with E-state index in [-0.39, 0.29) is 4.90 Å². The van der Waals surface area contributed by atoms with Gasteiger partial charge in [0.15, 0.2) is 0 Å². The van der Waals surface area contributed by atoms with Crippen molar-refractivity contribution in [2.45, 2.75) is 31.2 Å². The third-order valence-corrected chi connectivity index (χ3v) is 6.25. The molecule has 0 amide bonds. The summed E-state index contributed by atoms with van der Waals surface area (Å²) in [5.41, 5.74) is 2.53. The zero-order valence-electron chi connectivity index (χ0n) is 15.7. The van der Waals surface area contributed by atoms with Crippen LogP contribution in [0.25, 0.3) is 21.9 Å². The zero-order valence-corrected chi connectivity index (χ0v) is 16.5. The Hall–Kier alpha value is -2.77. The molecule has 144 valence electrons. The molecule has 0 aliphatic carbocycles. The number of aromatic nitrogens is 3. The van der Waals surface area contributed by atoms with Crippen LogP contribution in [0.2, 0.25) is 0 Å². The Morgan fingerprint density at radius 2 is 1.82 bits per heavy atom. The Balaban J connectivity index is 1.56. The van der Waals surface area contributed by atoms with E-state index >= 15 is 0 Å². The molecule has 0 aliphatic rings. The average Bonchev–Trinajstić information content (AvgIpc) is 3.05. The van der Waals surface area contributed by atoms with E-state index in [1.165, 1.54) is 0 Å². The van der Waals surface area contributed by atoms with Gasteiger partial charge in [-0.1, -0.05) is 25.1 Å². The van der Waals surface area contributed by atoms with Crippen LogP contribution in [0.1, 0.15) is 18.9 Å². The molecule has 6 nitrogen and oxygen atoms in total. The molecule has 3 heterocycles. The van der Waals surface area contributed by atoms with Crippen molar-refractivity contribution in [1.29, 1.82) is 0 Å². The van der Waals surface area contributed by atoms with Crippen molar-refractivity contribution in [1.82, 2.24) is 19.3 Å². The Labute approximate surface area is 164 Å². The van der Waals surface area contributed by atoms with Crippen molar-refractivity contribution in [2.75, 3.05) is 6.54 Å². The summed E-state index contributed by atoms with van der Waals surface area (Å²) in [7, 11) is -3.65. The smallest absolute Gasteiger partial charge is 0.242 e. The first kappa shape index (κ1) is 18.6. The summed E-state index contributed by atoms with van der Waals surface area (Å²) < 4.78 is 30.5. The molecule has 1 N–H and O–H groups in total. The summed E-state index contributed by atoms with van der Waals surface area (Å²) in [6.07, 6.45) is 7.08. The first-order valence-corrected chi connectivity index (χ1v) is 10.8. The molecule has 4 aromatic rings. The number of para-hydroxylation sites is 1. The Kier molecular flexibility index (Phi) is 5.11. The molecular formula is C21H22N4O2S. The van der Waals surface area contributed by atoms with E-state index in [9.17, 15) is 8.42 Å². The fraction of sp³-hybridized carbons (Fsp3) is 0.238. The van der Waals surface area contributed by atoms with E-state index in [1.807, 2.05) is 24.3 Å². The minimum absolute atomic E-state index is 0.209. The highest BCUT2D eigenvalue weighted by atomic mass is 32.2. The van der Waals surface area contributed by atoms with Gasteiger partial charge in [-0.15, -0.1) is 0 Å². The third kappa shape index (κ3) is 3.50. The van der Waals surface area contributed by atoms with Gasteiger partial charge in [0.25, 0.3) is 0 Å². The van der Waals surface area contributed by atoms with Gasteiger partial charge in [-0.25, -0.2) is 18.1 Å². The van der Waals surface area contributed by atoms with Gasteiger partial charge in [-0.3, -0.25) is 4.98 Å². The molecule has 0 radical (unpaired) electrons. The molecular weight excluding hydrogens is 372 g/mol. The predicted octanol–water partition coefficient (Wildman–Crippen LogP) is 3.52. The molecule has 0 unspecified atom stereocenters. The van der Waals surface area contributed by atoms with Gasteiger partial charge >= 0.3 is 0 Å². The molecule has 4 rings (SSSR count). The number of nitrogens with one attached hydrogen (secondary N) is 1. The lowest BCUT2D eigenvalue weighted by atomic mass is 10.2. The molecule has 0 fully saturated rings. The van der Waals surface area contributed by atoms with E-state index < -0.39 is 10.0 Å². The van der Waals surface area contributed by atoms with Crippen molar-refractivity contribution < 1.29 is 8.42 Å². The fourth-order valence-corrected chi connectivity index (χ4v) is 4.71. The van der Waals surface area contributed by atoms with Crippen LogP contribution in [0.15, 0.2) is 66.0 Å². The molecule has 0 aliphatic heterocycles. The maximum absolute atomic E-state index is 12.8.